The van der Waals surface area contributed by atoms with Crippen LogP contribution >= 0.6 is 23.2 Å². The molecule has 3 saturated heterocycles. The van der Waals surface area contributed by atoms with Gasteiger partial charge >= 0.3 is 0 Å². The molecule has 2 aliphatic carbocycles. The minimum Gasteiger partial charge on any atom is -0.504 e. The first-order valence-corrected chi connectivity index (χ1v) is 18.2. The van der Waals surface area contributed by atoms with Crippen LogP contribution in [0, 0.1) is 46.8 Å². The summed E-state index contributed by atoms with van der Waals surface area (Å²) in [6, 6.07) is 10.7. The molecule has 4 amide bonds. The number of ether oxygens (including phenoxy) is 2. The number of hydrogen-bond acceptors (Lipinski definition) is 8. The van der Waals surface area contributed by atoms with Crippen LogP contribution in [0.1, 0.15) is 31.2 Å². The van der Waals surface area contributed by atoms with Gasteiger partial charge in [-0.3, -0.25) is 24.1 Å². The molecule has 3 aromatic carbocycles. The van der Waals surface area contributed by atoms with E-state index < -0.39 is 98.2 Å². The number of fused-ring (bicyclic) bond motifs is 4. The Morgan fingerprint density at radius 1 is 0.818 bits per heavy atom. The fourth-order valence-corrected chi connectivity index (χ4v) is 9.75. The summed E-state index contributed by atoms with van der Waals surface area (Å²) >= 11 is 14.4. The molecule has 3 aromatic rings. The van der Waals surface area contributed by atoms with E-state index in [4.69, 9.17) is 32.7 Å². The van der Waals surface area contributed by atoms with Crippen molar-refractivity contribution < 1.29 is 55.7 Å². The Balaban J connectivity index is 1.25. The van der Waals surface area contributed by atoms with E-state index in [2.05, 4.69) is 4.90 Å². The molecular weight excluding hydrogens is 776 g/mol. The van der Waals surface area contributed by atoms with Gasteiger partial charge in [-0.2, -0.15) is 0 Å². The lowest BCUT2D eigenvalue weighted by atomic mass is 9.56. The standard InChI is InChI=1S/C38H30Cl2F5N3O7/c1-2-55-24-15-17(3-10-23(24)49)26-20-8-9-21-25(34(51)47(33(21)50)19-6-4-18(5-7-19)46-11-13-54-14-12-46)22(20)16-37(39)35(52)48(36(53)38(26,37)40)32-30(44)28(42)27(41)29(43)31(32)45/h3-8,10,15,21-22,25-26,49H,2,9,11-14,16H2,1H3. The first-order valence-electron chi connectivity index (χ1n) is 17.4. The van der Waals surface area contributed by atoms with E-state index in [1.54, 1.807) is 37.3 Å². The summed E-state index contributed by atoms with van der Waals surface area (Å²) in [6.07, 6.45) is 0.929. The molecule has 0 spiro atoms. The molecular formula is C38H30Cl2F5N3O7. The first kappa shape index (κ1) is 37.2. The van der Waals surface area contributed by atoms with Crippen LogP contribution in [-0.2, 0) is 23.9 Å². The number of phenolic OH excluding ortho intramolecular Hbond substituents is 1. The highest BCUT2D eigenvalue weighted by molar-refractivity contribution is 6.58. The molecule has 5 aliphatic rings. The third-order valence-corrected chi connectivity index (χ3v) is 12.7. The van der Waals surface area contributed by atoms with Crippen molar-refractivity contribution >= 4 is 63.9 Å². The van der Waals surface area contributed by atoms with Gasteiger partial charge in [0, 0.05) is 24.7 Å². The molecule has 6 unspecified atom stereocenters. The van der Waals surface area contributed by atoms with E-state index in [9.17, 15) is 37.5 Å². The number of alkyl halides is 2. The lowest BCUT2D eigenvalue weighted by Gasteiger charge is -2.50. The number of rotatable bonds is 6. The number of phenols is 1. The summed E-state index contributed by atoms with van der Waals surface area (Å²) in [7, 11) is 0. The van der Waals surface area contributed by atoms with E-state index in [1.165, 1.54) is 18.2 Å². The Hall–Kier alpha value is -4.73. The van der Waals surface area contributed by atoms with Gasteiger partial charge in [0.25, 0.3) is 11.8 Å². The minimum atomic E-state index is -2.71. The lowest BCUT2D eigenvalue weighted by Crippen LogP contribution is -2.60. The molecule has 0 bridgehead atoms. The topological polar surface area (TPSA) is 117 Å². The van der Waals surface area contributed by atoms with Gasteiger partial charge in [-0.15, -0.1) is 23.2 Å². The molecule has 1 saturated carbocycles. The maximum atomic E-state index is 15.3. The van der Waals surface area contributed by atoms with E-state index in [0.717, 1.165) is 10.6 Å². The Morgan fingerprint density at radius 3 is 2.07 bits per heavy atom. The molecule has 10 nitrogen and oxygen atoms in total. The second kappa shape index (κ2) is 13.2. The van der Waals surface area contributed by atoms with Gasteiger partial charge in [-0.1, -0.05) is 17.7 Å². The van der Waals surface area contributed by atoms with Crippen molar-refractivity contribution in [2.24, 2.45) is 17.8 Å². The summed E-state index contributed by atoms with van der Waals surface area (Å²) in [5.74, 6) is -21.8. The Bertz CT molecular complexity index is 2190. The maximum absolute atomic E-state index is 15.3. The van der Waals surface area contributed by atoms with Crippen molar-refractivity contribution in [2.45, 2.75) is 35.4 Å². The number of benzene rings is 3. The number of halogens is 7. The van der Waals surface area contributed by atoms with E-state index in [0.29, 0.717) is 26.3 Å². The van der Waals surface area contributed by atoms with Crippen LogP contribution in [0.15, 0.2) is 54.1 Å². The average Bonchev–Trinajstić information content (AvgIpc) is 3.52. The molecule has 0 radical (unpaired) electrons. The highest BCUT2D eigenvalue weighted by Gasteiger charge is 2.77. The summed E-state index contributed by atoms with van der Waals surface area (Å²) in [6.45, 7) is 4.10. The van der Waals surface area contributed by atoms with Gasteiger partial charge in [0.15, 0.2) is 44.5 Å². The molecule has 17 heteroatoms. The zero-order chi connectivity index (χ0) is 39.3. The van der Waals surface area contributed by atoms with Crippen LogP contribution in [0.25, 0.3) is 0 Å². The Labute approximate surface area is 320 Å². The van der Waals surface area contributed by atoms with Gasteiger partial charge in [0.1, 0.15) is 5.69 Å². The summed E-state index contributed by atoms with van der Waals surface area (Å²) in [5, 5.41) is 10.5. The van der Waals surface area contributed by atoms with Gasteiger partial charge in [-0.25, -0.2) is 26.9 Å². The molecule has 0 aromatic heterocycles. The predicted octanol–water partition coefficient (Wildman–Crippen LogP) is 6.09. The molecule has 3 heterocycles. The SMILES string of the molecule is CCOc1cc(C2C3=CCC4C(=O)N(c5ccc(N6CCOCC6)cc5)C(=O)C4C3CC3(Cl)C(=O)N(c4c(F)c(F)c(F)c(F)c4F)C(=O)C23Cl)ccc1O. The lowest BCUT2D eigenvalue weighted by molar-refractivity contribution is -0.125. The number of carbonyl (C=O) groups is 4. The number of aromatic hydroxyl groups is 1. The van der Waals surface area contributed by atoms with Crippen LogP contribution < -0.4 is 19.4 Å². The van der Waals surface area contributed by atoms with Crippen LogP contribution in [0.2, 0.25) is 0 Å². The quantitative estimate of drug-likeness (QED) is 0.0796. The smallest absolute Gasteiger partial charge is 0.258 e. The normalized spacial score (nSPS) is 29.0. The fourth-order valence-electron chi connectivity index (χ4n) is 8.81. The van der Waals surface area contributed by atoms with Gasteiger partial charge in [0.2, 0.25) is 17.6 Å². The highest BCUT2D eigenvalue weighted by Crippen LogP contribution is 2.66. The number of carbonyl (C=O) groups excluding carboxylic acids is 4. The third-order valence-electron chi connectivity index (χ3n) is 11.3. The summed E-state index contributed by atoms with van der Waals surface area (Å²) < 4.78 is 84.8. The fraction of sp³-hybridized carbons (Fsp3) is 0.368. The minimum absolute atomic E-state index is 0.0257. The maximum Gasteiger partial charge on any atom is 0.258 e. The van der Waals surface area contributed by atoms with Crippen LogP contribution in [0.5, 0.6) is 11.5 Å². The molecule has 3 aliphatic heterocycles. The number of anilines is 3. The Kier molecular flexibility index (Phi) is 8.93. The average molecular weight is 807 g/mol. The van der Waals surface area contributed by atoms with Crippen LogP contribution in [-0.4, -0.2) is 71.4 Å². The van der Waals surface area contributed by atoms with Crippen molar-refractivity contribution in [2.75, 3.05) is 47.6 Å². The van der Waals surface area contributed by atoms with Crippen LogP contribution in [0.3, 0.4) is 0 Å². The van der Waals surface area contributed by atoms with E-state index >= 15 is 8.78 Å². The number of imide groups is 2. The predicted molar refractivity (Wildman–Crippen MR) is 188 cm³/mol. The highest BCUT2D eigenvalue weighted by atomic mass is 35.5. The number of amides is 4. The number of morpholine rings is 1. The third kappa shape index (κ3) is 5.15. The van der Waals surface area contributed by atoms with Crippen molar-refractivity contribution in [3.63, 3.8) is 0 Å². The molecule has 1 N–H and O–H groups in total. The van der Waals surface area contributed by atoms with Gasteiger partial charge in [0.05, 0.1) is 37.3 Å². The van der Waals surface area contributed by atoms with Crippen LogP contribution in [0.4, 0.5) is 39.0 Å². The largest absolute Gasteiger partial charge is 0.504 e. The van der Waals surface area contributed by atoms with Crippen molar-refractivity contribution in [1.82, 2.24) is 0 Å². The zero-order valence-electron chi connectivity index (χ0n) is 28.8. The first-order chi connectivity index (χ1) is 26.2. The summed E-state index contributed by atoms with van der Waals surface area (Å²) in [5.41, 5.74) is -0.357. The van der Waals surface area contributed by atoms with Crippen molar-refractivity contribution in [1.29, 1.82) is 0 Å². The molecule has 8 rings (SSSR count). The van der Waals surface area contributed by atoms with E-state index in [-0.39, 0.29) is 46.3 Å². The van der Waals surface area contributed by atoms with Gasteiger partial charge in [-0.05, 0) is 67.6 Å². The molecule has 4 fully saturated rings. The molecule has 6 atom stereocenters. The molecule has 55 heavy (non-hydrogen) atoms. The summed E-state index contributed by atoms with van der Waals surface area (Å²) in [4.78, 5) is 55.0. The zero-order valence-corrected chi connectivity index (χ0v) is 30.3. The number of hydrogen-bond donors (Lipinski definition) is 1. The Morgan fingerprint density at radius 2 is 1.44 bits per heavy atom. The van der Waals surface area contributed by atoms with Gasteiger partial charge < -0.3 is 19.5 Å². The van der Waals surface area contributed by atoms with Crippen molar-refractivity contribution in [3.05, 3.63) is 88.8 Å². The number of allylic oxidation sites excluding steroid dienone is 2. The second-order valence-corrected chi connectivity index (χ2v) is 15.2. The molecule has 288 valence electrons. The number of nitrogens with zero attached hydrogens (tertiary/aromatic N) is 3. The van der Waals surface area contributed by atoms with E-state index in [1.807, 2.05) is 0 Å². The van der Waals surface area contributed by atoms with Crippen molar-refractivity contribution in [3.8, 4) is 11.5 Å². The monoisotopic (exact) mass is 805 g/mol. The second-order valence-electron chi connectivity index (χ2n) is 14.0.